The predicted octanol–water partition coefficient (Wildman–Crippen LogP) is 2.77. The first-order chi connectivity index (χ1) is 9.22. The molecule has 0 radical (unpaired) electrons. The standard InChI is InChI=1S/C15H26N4/c1-3-12-4-6-15(7-5-12)19(2)11-14-10-13(18-16)8-9-17-14/h8-10,12,15H,3-7,11,16H2,1-2H3,(H,17,18). The molecule has 0 spiro atoms. The number of nitrogen functional groups attached to an aromatic ring is 1. The molecule has 0 aromatic carbocycles. The molecule has 4 nitrogen and oxygen atoms in total. The van der Waals surface area contributed by atoms with Gasteiger partial charge in [-0.1, -0.05) is 13.3 Å². The third-order valence-electron chi connectivity index (χ3n) is 4.41. The minimum Gasteiger partial charge on any atom is -0.324 e. The molecule has 1 aromatic rings. The summed E-state index contributed by atoms with van der Waals surface area (Å²) in [5.74, 6) is 6.38. The van der Waals surface area contributed by atoms with Crippen LogP contribution in [0.5, 0.6) is 0 Å². The van der Waals surface area contributed by atoms with Gasteiger partial charge in [-0.2, -0.15) is 0 Å². The summed E-state index contributed by atoms with van der Waals surface area (Å²) >= 11 is 0. The van der Waals surface area contributed by atoms with Crippen molar-refractivity contribution in [3.63, 3.8) is 0 Å². The largest absolute Gasteiger partial charge is 0.324 e. The summed E-state index contributed by atoms with van der Waals surface area (Å²) < 4.78 is 0. The molecule has 1 aromatic heterocycles. The normalized spacial score (nSPS) is 23.6. The van der Waals surface area contributed by atoms with Crippen molar-refractivity contribution in [1.82, 2.24) is 9.88 Å². The second-order valence-electron chi connectivity index (χ2n) is 5.68. The van der Waals surface area contributed by atoms with Crippen molar-refractivity contribution >= 4 is 5.69 Å². The number of hydrogen-bond donors (Lipinski definition) is 2. The number of nitrogens with two attached hydrogens (primary N) is 1. The number of aromatic nitrogens is 1. The summed E-state index contributed by atoms with van der Waals surface area (Å²) in [7, 11) is 2.21. The van der Waals surface area contributed by atoms with Gasteiger partial charge in [0, 0.05) is 18.8 Å². The van der Waals surface area contributed by atoms with Gasteiger partial charge in [0.05, 0.1) is 11.4 Å². The van der Waals surface area contributed by atoms with Gasteiger partial charge in [-0.05, 0) is 50.8 Å². The maximum atomic E-state index is 5.43. The van der Waals surface area contributed by atoms with Crippen molar-refractivity contribution in [2.75, 3.05) is 12.5 Å². The van der Waals surface area contributed by atoms with Gasteiger partial charge in [0.25, 0.3) is 0 Å². The highest BCUT2D eigenvalue weighted by Crippen LogP contribution is 2.29. The molecule has 1 aliphatic carbocycles. The molecule has 1 heterocycles. The van der Waals surface area contributed by atoms with E-state index in [1.807, 2.05) is 18.3 Å². The molecule has 0 amide bonds. The molecule has 4 heteroatoms. The average molecular weight is 262 g/mol. The van der Waals surface area contributed by atoms with E-state index < -0.39 is 0 Å². The summed E-state index contributed by atoms with van der Waals surface area (Å²) in [6, 6.07) is 4.61. The number of hydrazine groups is 1. The number of nitrogens with one attached hydrogen (secondary N) is 1. The predicted molar refractivity (Wildman–Crippen MR) is 79.6 cm³/mol. The third-order valence-corrected chi connectivity index (χ3v) is 4.41. The first kappa shape index (κ1) is 14.3. The van der Waals surface area contributed by atoms with E-state index in [1.54, 1.807) is 0 Å². The van der Waals surface area contributed by atoms with Gasteiger partial charge < -0.3 is 5.43 Å². The Hall–Kier alpha value is -1.13. The van der Waals surface area contributed by atoms with Crippen LogP contribution in [0.2, 0.25) is 0 Å². The second-order valence-corrected chi connectivity index (χ2v) is 5.68. The lowest BCUT2D eigenvalue weighted by molar-refractivity contribution is 0.156. The molecule has 0 saturated heterocycles. The zero-order valence-corrected chi connectivity index (χ0v) is 12.1. The number of nitrogens with zero attached hydrogens (tertiary/aromatic N) is 2. The van der Waals surface area contributed by atoms with E-state index in [-0.39, 0.29) is 0 Å². The highest BCUT2D eigenvalue weighted by molar-refractivity contribution is 5.41. The minimum absolute atomic E-state index is 0.707. The van der Waals surface area contributed by atoms with E-state index in [2.05, 4.69) is 29.3 Å². The Labute approximate surface area is 116 Å². The highest BCUT2D eigenvalue weighted by Gasteiger charge is 2.23. The quantitative estimate of drug-likeness (QED) is 0.633. The third kappa shape index (κ3) is 3.91. The van der Waals surface area contributed by atoms with Gasteiger partial charge in [-0.25, -0.2) is 0 Å². The molecule has 1 aliphatic rings. The van der Waals surface area contributed by atoms with Crippen LogP contribution in [0, 0.1) is 5.92 Å². The van der Waals surface area contributed by atoms with Crippen LogP contribution >= 0.6 is 0 Å². The Bertz CT molecular complexity index is 385. The lowest BCUT2D eigenvalue weighted by Gasteiger charge is -2.34. The zero-order valence-electron chi connectivity index (χ0n) is 12.1. The van der Waals surface area contributed by atoms with Crippen LogP contribution in [0.3, 0.4) is 0 Å². The van der Waals surface area contributed by atoms with Crippen LogP contribution < -0.4 is 11.3 Å². The molecule has 2 rings (SSSR count). The van der Waals surface area contributed by atoms with Crippen molar-refractivity contribution in [3.8, 4) is 0 Å². The molecular formula is C15H26N4. The van der Waals surface area contributed by atoms with Gasteiger partial charge in [0.15, 0.2) is 0 Å². The number of hydrogen-bond acceptors (Lipinski definition) is 4. The first-order valence-electron chi connectivity index (χ1n) is 7.34. The van der Waals surface area contributed by atoms with Crippen LogP contribution in [0.1, 0.15) is 44.7 Å². The van der Waals surface area contributed by atoms with Gasteiger partial charge in [0.2, 0.25) is 0 Å². The average Bonchev–Trinajstić information content (AvgIpc) is 2.47. The molecule has 1 fully saturated rings. The fourth-order valence-corrected chi connectivity index (χ4v) is 3.03. The Kier molecular flexibility index (Phi) is 5.16. The molecule has 0 aliphatic heterocycles. The Morgan fingerprint density at radius 3 is 2.74 bits per heavy atom. The van der Waals surface area contributed by atoms with Crippen LogP contribution in [0.4, 0.5) is 5.69 Å². The van der Waals surface area contributed by atoms with E-state index in [4.69, 9.17) is 5.84 Å². The summed E-state index contributed by atoms with van der Waals surface area (Å²) in [4.78, 5) is 6.86. The van der Waals surface area contributed by atoms with Gasteiger partial charge >= 0.3 is 0 Å². The number of rotatable bonds is 5. The van der Waals surface area contributed by atoms with E-state index in [0.717, 1.165) is 23.8 Å². The second kappa shape index (κ2) is 6.87. The van der Waals surface area contributed by atoms with Crippen molar-refractivity contribution in [2.24, 2.45) is 11.8 Å². The molecular weight excluding hydrogens is 236 g/mol. The topological polar surface area (TPSA) is 54.2 Å². The Morgan fingerprint density at radius 1 is 1.37 bits per heavy atom. The van der Waals surface area contributed by atoms with Crippen molar-refractivity contribution in [2.45, 2.75) is 51.6 Å². The monoisotopic (exact) mass is 262 g/mol. The molecule has 1 saturated carbocycles. The lowest BCUT2D eigenvalue weighted by atomic mass is 9.84. The fraction of sp³-hybridized carbons (Fsp3) is 0.667. The minimum atomic E-state index is 0.707. The summed E-state index contributed by atoms with van der Waals surface area (Å²) in [6.07, 6.45) is 8.55. The maximum absolute atomic E-state index is 5.43. The Morgan fingerprint density at radius 2 is 2.11 bits per heavy atom. The zero-order chi connectivity index (χ0) is 13.7. The van der Waals surface area contributed by atoms with E-state index in [0.29, 0.717) is 6.04 Å². The fourth-order valence-electron chi connectivity index (χ4n) is 3.03. The van der Waals surface area contributed by atoms with E-state index in [1.165, 1.54) is 32.1 Å². The molecule has 106 valence electrons. The van der Waals surface area contributed by atoms with Crippen molar-refractivity contribution in [3.05, 3.63) is 24.0 Å². The van der Waals surface area contributed by atoms with Gasteiger partial charge in [-0.3, -0.25) is 15.7 Å². The lowest BCUT2D eigenvalue weighted by Crippen LogP contribution is -2.34. The molecule has 19 heavy (non-hydrogen) atoms. The van der Waals surface area contributed by atoms with Gasteiger partial charge in [0.1, 0.15) is 0 Å². The SMILES string of the molecule is CCC1CCC(N(C)Cc2cc(NN)ccn2)CC1. The van der Waals surface area contributed by atoms with Crippen LogP contribution in [0.25, 0.3) is 0 Å². The van der Waals surface area contributed by atoms with Crippen molar-refractivity contribution in [1.29, 1.82) is 0 Å². The van der Waals surface area contributed by atoms with E-state index in [9.17, 15) is 0 Å². The first-order valence-corrected chi connectivity index (χ1v) is 7.34. The molecule has 3 N–H and O–H groups in total. The summed E-state index contributed by atoms with van der Waals surface area (Å²) in [5.41, 5.74) is 4.68. The maximum Gasteiger partial charge on any atom is 0.0564 e. The van der Waals surface area contributed by atoms with Crippen LogP contribution in [-0.4, -0.2) is 23.0 Å². The van der Waals surface area contributed by atoms with Crippen LogP contribution in [-0.2, 0) is 6.54 Å². The molecule has 0 bridgehead atoms. The summed E-state index contributed by atoms with van der Waals surface area (Å²) in [5, 5.41) is 0. The summed E-state index contributed by atoms with van der Waals surface area (Å²) in [6.45, 7) is 3.21. The van der Waals surface area contributed by atoms with Gasteiger partial charge in [-0.15, -0.1) is 0 Å². The van der Waals surface area contributed by atoms with Crippen LogP contribution in [0.15, 0.2) is 18.3 Å². The Balaban J connectivity index is 1.88. The number of anilines is 1. The smallest absolute Gasteiger partial charge is 0.0564 e. The van der Waals surface area contributed by atoms with Crippen molar-refractivity contribution < 1.29 is 0 Å². The van der Waals surface area contributed by atoms with E-state index >= 15 is 0 Å². The highest BCUT2D eigenvalue weighted by atomic mass is 15.2. The molecule has 0 unspecified atom stereocenters. The molecule has 0 atom stereocenters. The number of pyridine rings is 1.